The molecule has 1 aromatic heterocycles. The Morgan fingerprint density at radius 1 is 0.920 bits per heavy atom. The van der Waals surface area contributed by atoms with Gasteiger partial charge in [-0.15, -0.1) is 0 Å². The van der Waals surface area contributed by atoms with Gasteiger partial charge in [0.15, 0.2) is 0 Å². The number of halogens is 2. The zero-order chi connectivity index (χ0) is 17.6. The highest BCUT2D eigenvalue weighted by Gasteiger charge is 2.12. The predicted molar refractivity (Wildman–Crippen MR) is 95.9 cm³/mol. The Bertz CT molecular complexity index is 833. The molecule has 6 heteroatoms. The Labute approximate surface area is 145 Å². The number of nitrogens with zero attached hydrogens (tertiary/aromatic N) is 2. The van der Waals surface area contributed by atoms with E-state index < -0.39 is 11.6 Å². The Morgan fingerprint density at radius 3 is 2.32 bits per heavy atom. The van der Waals surface area contributed by atoms with Gasteiger partial charge in [-0.3, -0.25) is 0 Å². The highest BCUT2D eigenvalue weighted by molar-refractivity contribution is 5.66. The Balaban J connectivity index is 2.00. The van der Waals surface area contributed by atoms with Crippen molar-refractivity contribution in [3.8, 4) is 11.3 Å². The number of anilines is 3. The highest BCUT2D eigenvalue weighted by Crippen LogP contribution is 2.25. The summed E-state index contributed by atoms with van der Waals surface area (Å²) in [6, 6.07) is 15.0. The van der Waals surface area contributed by atoms with Crippen molar-refractivity contribution in [1.82, 2.24) is 9.97 Å². The molecule has 0 bridgehead atoms. The summed E-state index contributed by atoms with van der Waals surface area (Å²) in [5.41, 5.74) is 1.28. The second-order valence-corrected chi connectivity index (χ2v) is 5.48. The van der Waals surface area contributed by atoms with E-state index in [1.54, 1.807) is 0 Å². The van der Waals surface area contributed by atoms with Crippen LogP contribution in [0.2, 0.25) is 0 Å². The van der Waals surface area contributed by atoms with Gasteiger partial charge in [0.05, 0.1) is 5.69 Å². The van der Waals surface area contributed by atoms with Crippen LogP contribution in [0.3, 0.4) is 0 Å². The molecule has 3 aromatic rings. The van der Waals surface area contributed by atoms with E-state index in [0.29, 0.717) is 11.5 Å². The summed E-state index contributed by atoms with van der Waals surface area (Å²) in [6.07, 6.45) is 0.926. The first-order valence-corrected chi connectivity index (χ1v) is 8.07. The lowest BCUT2D eigenvalue weighted by atomic mass is 10.1. The summed E-state index contributed by atoms with van der Waals surface area (Å²) in [6.45, 7) is 2.78. The summed E-state index contributed by atoms with van der Waals surface area (Å²) in [5, 5.41) is 5.84. The molecule has 2 aromatic carbocycles. The molecule has 0 spiro atoms. The summed E-state index contributed by atoms with van der Waals surface area (Å²) < 4.78 is 27.8. The van der Waals surface area contributed by atoms with Gasteiger partial charge >= 0.3 is 0 Å². The minimum absolute atomic E-state index is 0.129. The van der Waals surface area contributed by atoms with Gasteiger partial charge < -0.3 is 10.6 Å². The predicted octanol–water partition coefficient (Wildman–Crippen LogP) is 4.99. The molecular formula is C19H18F2N4. The minimum atomic E-state index is -0.697. The van der Waals surface area contributed by atoms with Gasteiger partial charge in [-0.1, -0.05) is 43.3 Å². The van der Waals surface area contributed by atoms with E-state index in [9.17, 15) is 8.78 Å². The van der Waals surface area contributed by atoms with E-state index in [0.717, 1.165) is 18.5 Å². The largest absolute Gasteiger partial charge is 0.370 e. The fourth-order valence-corrected chi connectivity index (χ4v) is 2.33. The first-order chi connectivity index (χ1) is 12.2. The average Bonchev–Trinajstić information content (AvgIpc) is 2.64. The zero-order valence-electron chi connectivity index (χ0n) is 13.8. The molecule has 0 aliphatic heterocycles. The monoisotopic (exact) mass is 340 g/mol. The van der Waals surface area contributed by atoms with Gasteiger partial charge in [0, 0.05) is 18.2 Å². The third-order valence-electron chi connectivity index (χ3n) is 3.55. The molecule has 0 radical (unpaired) electrons. The molecule has 0 aliphatic carbocycles. The van der Waals surface area contributed by atoms with Crippen molar-refractivity contribution in [2.24, 2.45) is 0 Å². The normalized spacial score (nSPS) is 10.5. The molecule has 0 saturated heterocycles. The number of benzene rings is 2. The molecule has 2 N–H and O–H groups in total. The Kier molecular flexibility index (Phi) is 5.18. The van der Waals surface area contributed by atoms with Crippen LogP contribution in [0.25, 0.3) is 11.3 Å². The van der Waals surface area contributed by atoms with E-state index in [1.807, 2.05) is 43.3 Å². The maximum atomic E-state index is 13.9. The quantitative estimate of drug-likeness (QED) is 0.664. The molecular weight excluding hydrogens is 322 g/mol. The number of hydrogen-bond donors (Lipinski definition) is 2. The van der Waals surface area contributed by atoms with Crippen LogP contribution >= 0.6 is 0 Å². The van der Waals surface area contributed by atoms with Crippen LogP contribution in [-0.2, 0) is 0 Å². The molecule has 3 rings (SSSR count). The van der Waals surface area contributed by atoms with E-state index in [-0.39, 0.29) is 11.6 Å². The van der Waals surface area contributed by atoms with Crippen molar-refractivity contribution in [2.75, 3.05) is 17.2 Å². The lowest BCUT2D eigenvalue weighted by Gasteiger charge is -2.12. The number of para-hydroxylation sites is 1. The summed E-state index contributed by atoms with van der Waals surface area (Å²) in [7, 11) is 0. The van der Waals surface area contributed by atoms with Crippen LogP contribution in [0.15, 0.2) is 54.6 Å². The number of aromatic nitrogens is 2. The van der Waals surface area contributed by atoms with Crippen LogP contribution in [-0.4, -0.2) is 16.5 Å². The highest BCUT2D eigenvalue weighted by atomic mass is 19.1. The molecule has 128 valence electrons. The molecule has 0 unspecified atom stereocenters. The average molecular weight is 340 g/mol. The van der Waals surface area contributed by atoms with Crippen molar-refractivity contribution in [3.63, 3.8) is 0 Å². The van der Waals surface area contributed by atoms with Crippen LogP contribution in [0.5, 0.6) is 0 Å². The van der Waals surface area contributed by atoms with E-state index >= 15 is 0 Å². The SMILES string of the molecule is CCCNc1cc(-c2ccccc2)nc(Nc2c(F)cccc2F)n1. The van der Waals surface area contributed by atoms with Crippen LogP contribution in [0, 0.1) is 11.6 Å². The first kappa shape index (κ1) is 16.8. The molecule has 0 aliphatic rings. The van der Waals surface area contributed by atoms with Gasteiger partial charge in [0.1, 0.15) is 23.1 Å². The van der Waals surface area contributed by atoms with E-state index in [1.165, 1.54) is 18.2 Å². The number of nitrogens with one attached hydrogen (secondary N) is 2. The molecule has 0 amide bonds. The van der Waals surface area contributed by atoms with Crippen molar-refractivity contribution in [2.45, 2.75) is 13.3 Å². The number of rotatable bonds is 6. The molecule has 4 nitrogen and oxygen atoms in total. The molecule has 0 fully saturated rings. The zero-order valence-corrected chi connectivity index (χ0v) is 13.8. The van der Waals surface area contributed by atoms with Crippen LogP contribution in [0.1, 0.15) is 13.3 Å². The summed E-state index contributed by atoms with van der Waals surface area (Å²) >= 11 is 0. The van der Waals surface area contributed by atoms with Gasteiger partial charge in [-0.2, -0.15) is 4.98 Å². The van der Waals surface area contributed by atoms with Crippen molar-refractivity contribution >= 4 is 17.5 Å². The number of hydrogen-bond acceptors (Lipinski definition) is 4. The van der Waals surface area contributed by atoms with Gasteiger partial charge in [0.25, 0.3) is 0 Å². The standard InChI is InChI=1S/C19H18F2N4/c1-2-11-22-17-12-16(13-7-4-3-5-8-13)23-19(24-17)25-18-14(20)9-6-10-15(18)21/h3-10,12H,2,11H2,1H3,(H2,22,23,24,25). The van der Waals surface area contributed by atoms with Crippen LogP contribution < -0.4 is 10.6 Å². The van der Waals surface area contributed by atoms with E-state index in [2.05, 4.69) is 20.6 Å². The summed E-state index contributed by atoms with van der Waals surface area (Å²) in [5.74, 6) is -0.674. The lowest BCUT2D eigenvalue weighted by Crippen LogP contribution is -2.07. The first-order valence-electron chi connectivity index (χ1n) is 8.07. The van der Waals surface area contributed by atoms with E-state index in [4.69, 9.17) is 0 Å². The third-order valence-corrected chi connectivity index (χ3v) is 3.55. The van der Waals surface area contributed by atoms with Gasteiger partial charge in [-0.25, -0.2) is 13.8 Å². The summed E-state index contributed by atoms with van der Waals surface area (Å²) in [4.78, 5) is 8.70. The minimum Gasteiger partial charge on any atom is -0.370 e. The smallest absolute Gasteiger partial charge is 0.229 e. The van der Waals surface area contributed by atoms with Crippen molar-refractivity contribution < 1.29 is 8.78 Å². The molecule has 25 heavy (non-hydrogen) atoms. The second kappa shape index (κ2) is 7.70. The Morgan fingerprint density at radius 2 is 1.64 bits per heavy atom. The van der Waals surface area contributed by atoms with Gasteiger partial charge in [-0.05, 0) is 18.6 Å². The molecule has 1 heterocycles. The molecule has 0 atom stereocenters. The maximum Gasteiger partial charge on any atom is 0.229 e. The topological polar surface area (TPSA) is 49.8 Å². The fraction of sp³-hybridized carbons (Fsp3) is 0.158. The van der Waals surface area contributed by atoms with Gasteiger partial charge in [0.2, 0.25) is 5.95 Å². The third kappa shape index (κ3) is 4.09. The van der Waals surface area contributed by atoms with Crippen molar-refractivity contribution in [1.29, 1.82) is 0 Å². The molecule has 0 saturated carbocycles. The lowest BCUT2D eigenvalue weighted by molar-refractivity contribution is 0.590. The van der Waals surface area contributed by atoms with Crippen molar-refractivity contribution in [3.05, 3.63) is 66.2 Å². The fourth-order valence-electron chi connectivity index (χ4n) is 2.33. The maximum absolute atomic E-state index is 13.9. The van der Waals surface area contributed by atoms with Crippen LogP contribution in [0.4, 0.5) is 26.2 Å². The Hall–Kier alpha value is -3.02. The second-order valence-electron chi connectivity index (χ2n) is 5.48.